The topological polar surface area (TPSA) is 20.3 Å². The minimum absolute atomic E-state index is 0.344. The van der Waals surface area contributed by atoms with Gasteiger partial charge in [-0.15, -0.1) is 0 Å². The molecule has 13 heavy (non-hydrogen) atoms. The second kappa shape index (κ2) is 4.75. The summed E-state index contributed by atoms with van der Waals surface area (Å²) in [6, 6.07) is 0. The summed E-state index contributed by atoms with van der Waals surface area (Å²) in [5.74, 6) is 1.73. The maximum atomic E-state index is 10.9. The number of carbonyl (C=O) groups excluding carboxylic acids is 1. The lowest BCUT2D eigenvalue weighted by Gasteiger charge is -2.17. The van der Waals surface area contributed by atoms with Gasteiger partial charge in [-0.25, -0.2) is 0 Å². The minimum Gasteiger partial charge on any atom is -0.303 e. The maximum Gasteiger partial charge on any atom is 0.130 e. The highest BCUT2D eigenvalue weighted by Gasteiger charge is 2.23. The first-order chi connectivity index (χ1) is 6.08. The van der Waals surface area contributed by atoms with Crippen LogP contribution in [-0.4, -0.2) is 30.3 Å². The molecule has 1 aliphatic rings. The number of rotatable bonds is 4. The third kappa shape index (κ3) is 3.90. The van der Waals surface area contributed by atoms with Gasteiger partial charge in [-0.3, -0.25) is 0 Å². The maximum absolute atomic E-state index is 10.9. The van der Waals surface area contributed by atoms with Crippen LogP contribution in [0.3, 0.4) is 0 Å². The van der Waals surface area contributed by atoms with Crippen LogP contribution in [0.1, 0.15) is 33.6 Å². The summed E-state index contributed by atoms with van der Waals surface area (Å²) in [6.45, 7) is 9.71. The zero-order valence-corrected chi connectivity index (χ0v) is 9.05. The van der Waals surface area contributed by atoms with E-state index in [0.29, 0.717) is 11.7 Å². The molecule has 0 aromatic carbocycles. The molecule has 1 unspecified atom stereocenters. The SMILES string of the molecule is CC(=O)CC1CCN(CC(C)C)C1. The van der Waals surface area contributed by atoms with Gasteiger partial charge in [0, 0.05) is 19.5 Å². The molecule has 0 saturated carbocycles. The van der Waals surface area contributed by atoms with Gasteiger partial charge in [0.05, 0.1) is 0 Å². The average Bonchev–Trinajstić information content (AvgIpc) is 2.33. The van der Waals surface area contributed by atoms with Crippen molar-refractivity contribution in [2.45, 2.75) is 33.6 Å². The van der Waals surface area contributed by atoms with Crippen LogP contribution in [0.2, 0.25) is 0 Å². The normalized spacial score (nSPS) is 24.2. The fraction of sp³-hybridized carbons (Fsp3) is 0.909. The molecule has 0 radical (unpaired) electrons. The standard InChI is InChI=1S/C11H21NO/c1-9(2)7-12-5-4-11(8-12)6-10(3)13/h9,11H,4-8H2,1-3H3. The fourth-order valence-corrected chi connectivity index (χ4v) is 2.17. The van der Waals surface area contributed by atoms with Crippen LogP contribution in [0.5, 0.6) is 0 Å². The summed E-state index contributed by atoms with van der Waals surface area (Å²) < 4.78 is 0. The molecule has 0 spiro atoms. The Hall–Kier alpha value is -0.370. The third-order valence-electron chi connectivity index (χ3n) is 2.57. The van der Waals surface area contributed by atoms with Gasteiger partial charge in [0.2, 0.25) is 0 Å². The highest BCUT2D eigenvalue weighted by atomic mass is 16.1. The molecule has 2 heteroatoms. The van der Waals surface area contributed by atoms with E-state index in [9.17, 15) is 4.79 Å². The number of hydrogen-bond acceptors (Lipinski definition) is 2. The minimum atomic E-state index is 0.344. The van der Waals surface area contributed by atoms with Gasteiger partial charge in [0.25, 0.3) is 0 Å². The summed E-state index contributed by atoms with van der Waals surface area (Å²) in [5.41, 5.74) is 0. The van der Waals surface area contributed by atoms with E-state index in [1.165, 1.54) is 19.5 Å². The molecule has 0 bridgehead atoms. The lowest BCUT2D eigenvalue weighted by molar-refractivity contribution is -0.117. The molecule has 0 aromatic heterocycles. The molecule has 2 nitrogen and oxygen atoms in total. The number of likely N-dealkylation sites (tertiary alicyclic amines) is 1. The average molecular weight is 183 g/mol. The summed E-state index contributed by atoms with van der Waals surface area (Å²) in [6.07, 6.45) is 2.00. The van der Waals surface area contributed by atoms with Crippen LogP contribution in [0.15, 0.2) is 0 Å². The molecule has 76 valence electrons. The highest BCUT2D eigenvalue weighted by Crippen LogP contribution is 2.20. The van der Waals surface area contributed by atoms with E-state index < -0.39 is 0 Å². The monoisotopic (exact) mass is 183 g/mol. The van der Waals surface area contributed by atoms with Gasteiger partial charge in [-0.2, -0.15) is 0 Å². The van der Waals surface area contributed by atoms with Gasteiger partial charge in [-0.05, 0) is 31.7 Å². The summed E-state index contributed by atoms with van der Waals surface area (Å²) >= 11 is 0. The van der Waals surface area contributed by atoms with Crippen molar-refractivity contribution in [1.29, 1.82) is 0 Å². The van der Waals surface area contributed by atoms with Crippen LogP contribution in [0.4, 0.5) is 0 Å². The number of nitrogens with zero attached hydrogens (tertiary/aromatic N) is 1. The van der Waals surface area contributed by atoms with Crippen molar-refractivity contribution in [3.8, 4) is 0 Å². The summed E-state index contributed by atoms with van der Waals surface area (Å²) in [5, 5.41) is 0. The highest BCUT2D eigenvalue weighted by molar-refractivity contribution is 5.75. The lowest BCUT2D eigenvalue weighted by Crippen LogP contribution is -2.25. The van der Waals surface area contributed by atoms with Gasteiger partial charge in [0.15, 0.2) is 0 Å². The predicted octanol–water partition coefficient (Wildman–Crippen LogP) is 1.94. The Balaban J connectivity index is 2.24. The van der Waals surface area contributed by atoms with Crippen LogP contribution in [-0.2, 0) is 4.79 Å². The number of Topliss-reactive ketones (excluding diaryl/α,β-unsaturated/α-hetero) is 1. The van der Waals surface area contributed by atoms with Crippen molar-refractivity contribution in [1.82, 2.24) is 4.90 Å². The Morgan fingerprint density at radius 3 is 2.77 bits per heavy atom. The van der Waals surface area contributed by atoms with E-state index in [-0.39, 0.29) is 0 Å². The quantitative estimate of drug-likeness (QED) is 0.664. The van der Waals surface area contributed by atoms with E-state index in [0.717, 1.165) is 18.9 Å². The third-order valence-corrected chi connectivity index (χ3v) is 2.57. The lowest BCUT2D eigenvalue weighted by atomic mass is 10.0. The first-order valence-corrected chi connectivity index (χ1v) is 5.29. The summed E-state index contributed by atoms with van der Waals surface area (Å²) in [7, 11) is 0. The zero-order chi connectivity index (χ0) is 9.84. The molecule has 1 rings (SSSR count). The fourth-order valence-electron chi connectivity index (χ4n) is 2.17. The van der Waals surface area contributed by atoms with Crippen LogP contribution >= 0.6 is 0 Å². The first-order valence-electron chi connectivity index (χ1n) is 5.29. The van der Waals surface area contributed by atoms with Crippen molar-refractivity contribution in [2.24, 2.45) is 11.8 Å². The van der Waals surface area contributed by atoms with Crippen LogP contribution in [0.25, 0.3) is 0 Å². The molecular formula is C11H21NO. The molecule has 1 heterocycles. The second-order valence-electron chi connectivity index (χ2n) is 4.71. The molecule has 0 amide bonds. The predicted molar refractivity (Wildman–Crippen MR) is 54.7 cm³/mol. The Kier molecular flexibility index (Phi) is 3.91. The van der Waals surface area contributed by atoms with E-state index in [4.69, 9.17) is 0 Å². The molecule has 1 saturated heterocycles. The van der Waals surface area contributed by atoms with Gasteiger partial charge >= 0.3 is 0 Å². The van der Waals surface area contributed by atoms with E-state index in [1.54, 1.807) is 6.92 Å². The van der Waals surface area contributed by atoms with Crippen LogP contribution < -0.4 is 0 Å². The van der Waals surface area contributed by atoms with E-state index in [1.807, 2.05) is 0 Å². The Morgan fingerprint density at radius 1 is 1.54 bits per heavy atom. The van der Waals surface area contributed by atoms with Gasteiger partial charge in [-0.1, -0.05) is 13.8 Å². The van der Waals surface area contributed by atoms with E-state index in [2.05, 4.69) is 18.7 Å². The van der Waals surface area contributed by atoms with Crippen molar-refractivity contribution in [3.05, 3.63) is 0 Å². The summed E-state index contributed by atoms with van der Waals surface area (Å²) in [4.78, 5) is 13.4. The Bertz CT molecular complexity index is 177. The van der Waals surface area contributed by atoms with Gasteiger partial charge in [0.1, 0.15) is 5.78 Å². The van der Waals surface area contributed by atoms with Crippen molar-refractivity contribution >= 4 is 5.78 Å². The second-order valence-corrected chi connectivity index (χ2v) is 4.71. The molecule has 1 fully saturated rings. The molecular weight excluding hydrogens is 162 g/mol. The zero-order valence-electron chi connectivity index (χ0n) is 9.05. The molecule has 0 aromatic rings. The number of carbonyl (C=O) groups is 1. The largest absolute Gasteiger partial charge is 0.303 e. The molecule has 1 atom stereocenters. The smallest absolute Gasteiger partial charge is 0.130 e. The number of hydrogen-bond donors (Lipinski definition) is 0. The van der Waals surface area contributed by atoms with Crippen molar-refractivity contribution in [2.75, 3.05) is 19.6 Å². The van der Waals surface area contributed by atoms with Gasteiger partial charge < -0.3 is 9.69 Å². The van der Waals surface area contributed by atoms with Crippen molar-refractivity contribution < 1.29 is 4.79 Å². The Labute approximate surface area is 81.3 Å². The number of ketones is 1. The molecule has 0 aliphatic carbocycles. The first kappa shape index (κ1) is 10.7. The van der Waals surface area contributed by atoms with Crippen molar-refractivity contribution in [3.63, 3.8) is 0 Å². The Morgan fingerprint density at radius 2 is 2.23 bits per heavy atom. The molecule has 1 aliphatic heterocycles. The van der Waals surface area contributed by atoms with E-state index >= 15 is 0 Å². The molecule has 0 N–H and O–H groups in total. The van der Waals surface area contributed by atoms with Crippen LogP contribution in [0, 0.1) is 11.8 Å².